The largest absolute Gasteiger partial charge is 0.335 e. The van der Waals surface area contributed by atoms with Crippen molar-refractivity contribution in [2.24, 2.45) is 0 Å². The third-order valence-electron chi connectivity index (χ3n) is 4.70. The molecule has 2 heterocycles. The maximum Gasteiger partial charge on any atom is 0.256 e. The van der Waals surface area contributed by atoms with Gasteiger partial charge in [-0.15, -0.1) is 0 Å². The van der Waals surface area contributed by atoms with Crippen LogP contribution in [0, 0.1) is 20.8 Å². The third-order valence-corrected chi connectivity index (χ3v) is 4.70. The van der Waals surface area contributed by atoms with Crippen LogP contribution in [-0.2, 0) is 0 Å². The standard InChI is InChI=1S/C20H23N5O/c1-13-10-14(2)23-15(3)19(13)20(26)24(5)16(4)17-6-8-18(9-7-17)25-12-21-11-22-25/h6-12,16H,1-5H3. The molecule has 1 amide bonds. The van der Waals surface area contributed by atoms with E-state index in [0.717, 1.165) is 28.2 Å². The molecule has 3 aromatic rings. The summed E-state index contributed by atoms with van der Waals surface area (Å²) in [6, 6.07) is 9.86. The molecule has 0 radical (unpaired) electrons. The summed E-state index contributed by atoms with van der Waals surface area (Å²) >= 11 is 0. The first-order valence-electron chi connectivity index (χ1n) is 8.55. The van der Waals surface area contributed by atoms with Crippen LogP contribution < -0.4 is 0 Å². The second kappa shape index (κ2) is 7.07. The van der Waals surface area contributed by atoms with Crippen LogP contribution in [0.2, 0.25) is 0 Å². The van der Waals surface area contributed by atoms with Crippen molar-refractivity contribution in [2.75, 3.05) is 7.05 Å². The Morgan fingerprint density at radius 2 is 1.85 bits per heavy atom. The predicted octanol–water partition coefficient (Wildman–Crippen LogP) is 3.42. The Morgan fingerprint density at radius 3 is 2.42 bits per heavy atom. The summed E-state index contributed by atoms with van der Waals surface area (Å²) in [5.41, 5.74) is 5.33. The number of nitrogens with zero attached hydrogens (tertiary/aromatic N) is 5. The lowest BCUT2D eigenvalue weighted by Gasteiger charge is -2.27. The van der Waals surface area contributed by atoms with Gasteiger partial charge in [0.25, 0.3) is 5.91 Å². The SMILES string of the molecule is Cc1cc(C)c(C(=O)N(C)C(C)c2ccc(-n3cncn3)cc2)c(C)n1. The third kappa shape index (κ3) is 3.35. The number of benzene rings is 1. The van der Waals surface area contributed by atoms with Crippen LogP contribution in [0.25, 0.3) is 5.69 Å². The molecule has 1 unspecified atom stereocenters. The number of aryl methyl sites for hydroxylation is 3. The summed E-state index contributed by atoms with van der Waals surface area (Å²) in [6.45, 7) is 7.81. The van der Waals surface area contributed by atoms with Gasteiger partial charge in [0.15, 0.2) is 0 Å². The fourth-order valence-electron chi connectivity index (χ4n) is 3.17. The number of hydrogen-bond acceptors (Lipinski definition) is 4. The van der Waals surface area contributed by atoms with E-state index >= 15 is 0 Å². The van der Waals surface area contributed by atoms with Crippen molar-refractivity contribution >= 4 is 5.91 Å². The summed E-state index contributed by atoms with van der Waals surface area (Å²) in [4.78, 5) is 23.2. The van der Waals surface area contributed by atoms with Gasteiger partial charge in [0.2, 0.25) is 0 Å². The van der Waals surface area contributed by atoms with Crippen LogP contribution in [-0.4, -0.2) is 37.6 Å². The molecule has 1 aromatic carbocycles. The molecular weight excluding hydrogens is 326 g/mol. The molecule has 0 spiro atoms. The van der Waals surface area contributed by atoms with Gasteiger partial charge in [-0.05, 0) is 57.0 Å². The Balaban J connectivity index is 1.83. The zero-order valence-corrected chi connectivity index (χ0v) is 15.8. The van der Waals surface area contributed by atoms with Crippen molar-refractivity contribution in [3.8, 4) is 5.69 Å². The zero-order chi connectivity index (χ0) is 18.8. The van der Waals surface area contributed by atoms with E-state index < -0.39 is 0 Å². The number of pyridine rings is 1. The second-order valence-electron chi connectivity index (χ2n) is 6.56. The Labute approximate surface area is 153 Å². The summed E-state index contributed by atoms with van der Waals surface area (Å²) in [5.74, 6) is -0.0136. The lowest BCUT2D eigenvalue weighted by molar-refractivity contribution is 0.0740. The van der Waals surface area contributed by atoms with Gasteiger partial charge in [-0.2, -0.15) is 5.10 Å². The van der Waals surface area contributed by atoms with Gasteiger partial charge in [-0.1, -0.05) is 12.1 Å². The van der Waals surface area contributed by atoms with Gasteiger partial charge in [-0.3, -0.25) is 9.78 Å². The highest BCUT2D eigenvalue weighted by atomic mass is 16.2. The van der Waals surface area contributed by atoms with Crippen molar-refractivity contribution < 1.29 is 4.79 Å². The van der Waals surface area contributed by atoms with Gasteiger partial charge >= 0.3 is 0 Å². The Bertz CT molecular complexity index is 893. The summed E-state index contributed by atoms with van der Waals surface area (Å²) < 4.78 is 1.70. The number of rotatable bonds is 4. The van der Waals surface area contributed by atoms with E-state index in [1.165, 1.54) is 6.33 Å². The molecule has 3 rings (SSSR count). The average molecular weight is 349 g/mol. The first-order chi connectivity index (χ1) is 12.4. The van der Waals surface area contributed by atoms with Crippen LogP contribution in [0.5, 0.6) is 0 Å². The van der Waals surface area contributed by atoms with Gasteiger partial charge < -0.3 is 4.90 Å². The number of hydrogen-bond donors (Lipinski definition) is 0. The molecular formula is C20H23N5O. The van der Waals surface area contributed by atoms with Crippen molar-refractivity contribution in [1.29, 1.82) is 0 Å². The van der Waals surface area contributed by atoms with Crippen LogP contribution in [0.3, 0.4) is 0 Å². The molecule has 26 heavy (non-hydrogen) atoms. The van der Waals surface area contributed by atoms with E-state index in [2.05, 4.69) is 15.1 Å². The van der Waals surface area contributed by atoms with E-state index in [9.17, 15) is 4.79 Å². The average Bonchev–Trinajstić information content (AvgIpc) is 3.14. The van der Waals surface area contributed by atoms with Gasteiger partial charge in [0.1, 0.15) is 12.7 Å². The maximum absolute atomic E-state index is 13.0. The number of carbonyl (C=O) groups is 1. The van der Waals surface area contributed by atoms with E-state index in [4.69, 9.17) is 0 Å². The van der Waals surface area contributed by atoms with E-state index in [1.54, 1.807) is 15.9 Å². The number of carbonyl (C=O) groups excluding carboxylic acids is 1. The van der Waals surface area contributed by atoms with Gasteiger partial charge in [0, 0.05) is 12.7 Å². The Kier molecular flexibility index (Phi) is 4.84. The molecule has 0 saturated carbocycles. The van der Waals surface area contributed by atoms with E-state index in [-0.39, 0.29) is 11.9 Å². The molecule has 6 nitrogen and oxygen atoms in total. The van der Waals surface area contributed by atoms with Gasteiger partial charge in [0.05, 0.1) is 23.0 Å². The Morgan fingerprint density at radius 1 is 1.15 bits per heavy atom. The van der Waals surface area contributed by atoms with Crippen molar-refractivity contribution in [3.05, 3.63) is 71.1 Å². The minimum absolute atomic E-state index is 0.0136. The molecule has 0 aliphatic rings. The van der Waals surface area contributed by atoms with Crippen LogP contribution in [0.15, 0.2) is 43.0 Å². The number of aromatic nitrogens is 4. The van der Waals surface area contributed by atoms with Gasteiger partial charge in [-0.25, -0.2) is 9.67 Å². The topological polar surface area (TPSA) is 63.9 Å². The molecule has 0 saturated heterocycles. The summed E-state index contributed by atoms with van der Waals surface area (Å²) in [6.07, 6.45) is 3.16. The number of amides is 1. The molecule has 6 heteroatoms. The summed E-state index contributed by atoms with van der Waals surface area (Å²) in [7, 11) is 1.83. The van der Waals surface area contributed by atoms with Crippen LogP contribution in [0.4, 0.5) is 0 Å². The quantitative estimate of drug-likeness (QED) is 0.724. The molecule has 0 aliphatic heterocycles. The van der Waals surface area contributed by atoms with Crippen molar-refractivity contribution in [2.45, 2.75) is 33.7 Å². The minimum Gasteiger partial charge on any atom is -0.335 e. The van der Waals surface area contributed by atoms with Crippen LogP contribution in [0.1, 0.15) is 45.8 Å². The zero-order valence-electron chi connectivity index (χ0n) is 15.8. The molecule has 1 atom stereocenters. The fraction of sp³-hybridized carbons (Fsp3) is 0.300. The van der Waals surface area contributed by atoms with Crippen molar-refractivity contribution in [1.82, 2.24) is 24.6 Å². The Hall–Kier alpha value is -3.02. The van der Waals surface area contributed by atoms with Crippen molar-refractivity contribution in [3.63, 3.8) is 0 Å². The smallest absolute Gasteiger partial charge is 0.256 e. The molecule has 0 fully saturated rings. The van der Waals surface area contributed by atoms with Crippen LogP contribution >= 0.6 is 0 Å². The minimum atomic E-state index is -0.0626. The highest BCUT2D eigenvalue weighted by molar-refractivity contribution is 5.96. The monoisotopic (exact) mass is 349 g/mol. The van der Waals surface area contributed by atoms with E-state index in [0.29, 0.717) is 5.56 Å². The maximum atomic E-state index is 13.0. The lowest BCUT2D eigenvalue weighted by atomic mass is 10.0. The molecule has 0 N–H and O–H groups in total. The fourth-order valence-corrected chi connectivity index (χ4v) is 3.17. The molecule has 2 aromatic heterocycles. The lowest BCUT2D eigenvalue weighted by Crippen LogP contribution is -2.31. The first kappa shape index (κ1) is 17.8. The normalized spacial score (nSPS) is 12.0. The highest BCUT2D eigenvalue weighted by Gasteiger charge is 2.22. The molecule has 134 valence electrons. The van der Waals surface area contributed by atoms with E-state index in [1.807, 2.05) is 65.1 Å². The summed E-state index contributed by atoms with van der Waals surface area (Å²) in [5, 5.41) is 4.12. The second-order valence-corrected chi connectivity index (χ2v) is 6.56. The molecule has 0 bridgehead atoms. The predicted molar refractivity (Wildman–Crippen MR) is 100 cm³/mol. The highest BCUT2D eigenvalue weighted by Crippen LogP contribution is 2.24. The first-order valence-corrected chi connectivity index (χ1v) is 8.55. The molecule has 0 aliphatic carbocycles.